The molecule has 1 amide bonds. The van der Waals surface area contributed by atoms with E-state index < -0.39 is 6.09 Å². The maximum Gasteiger partial charge on any atom is 0.439 e. The molecule has 0 aliphatic rings. The molecule has 25 heavy (non-hydrogen) atoms. The molecule has 9 heteroatoms. The van der Waals surface area contributed by atoms with E-state index in [-0.39, 0.29) is 16.1 Å². The third kappa shape index (κ3) is 3.43. The van der Waals surface area contributed by atoms with Crippen LogP contribution in [-0.4, -0.2) is 28.1 Å². The van der Waals surface area contributed by atoms with E-state index in [1.54, 1.807) is 6.07 Å². The van der Waals surface area contributed by atoms with Crippen LogP contribution in [0, 0.1) is 0 Å². The van der Waals surface area contributed by atoms with Crippen LogP contribution in [0.2, 0.25) is 5.02 Å². The van der Waals surface area contributed by atoms with Gasteiger partial charge in [0.05, 0.1) is 35.3 Å². The van der Waals surface area contributed by atoms with Gasteiger partial charge in [-0.05, 0) is 12.1 Å². The number of carbonyl (C=O) groups is 1. The zero-order valence-electron chi connectivity index (χ0n) is 13.4. The number of halogens is 1. The molecule has 0 unspecified atom stereocenters. The number of aryl methyl sites for hydroxylation is 1. The van der Waals surface area contributed by atoms with Crippen molar-refractivity contribution >= 4 is 28.7 Å². The third-order valence-electron chi connectivity index (χ3n) is 3.37. The first-order valence-electron chi connectivity index (χ1n) is 7.30. The van der Waals surface area contributed by atoms with Gasteiger partial charge in [0, 0.05) is 12.6 Å². The van der Waals surface area contributed by atoms with Crippen LogP contribution >= 0.6 is 11.6 Å². The molecule has 0 atom stereocenters. The lowest BCUT2D eigenvalue weighted by Crippen LogP contribution is -2.12. The number of hydrogen-bond donors (Lipinski definition) is 1. The van der Waals surface area contributed by atoms with Crippen LogP contribution in [0.5, 0.6) is 11.6 Å². The fraction of sp³-hybridized carbons (Fsp3) is 0.188. The Morgan fingerprint density at radius 1 is 1.52 bits per heavy atom. The summed E-state index contributed by atoms with van der Waals surface area (Å²) in [6.07, 6.45) is 3.62. The summed E-state index contributed by atoms with van der Waals surface area (Å²) in [4.78, 5) is 19.9. The molecule has 1 N–H and O–H groups in total. The van der Waals surface area contributed by atoms with Crippen LogP contribution in [-0.2, 0) is 6.42 Å². The van der Waals surface area contributed by atoms with Crippen molar-refractivity contribution < 1.29 is 23.9 Å². The maximum absolute atomic E-state index is 12.1. The predicted octanol–water partition coefficient (Wildman–Crippen LogP) is 3.19. The number of fused-ring (bicyclic) bond motifs is 1. The molecule has 0 radical (unpaired) electrons. The molecular weight excluding hydrogens is 350 g/mol. The summed E-state index contributed by atoms with van der Waals surface area (Å²) < 4.78 is 16.8. The van der Waals surface area contributed by atoms with E-state index in [9.17, 15) is 10.0 Å². The molecule has 0 fully saturated rings. The van der Waals surface area contributed by atoms with Gasteiger partial charge in [-0.15, -0.1) is 0 Å². The number of aromatic nitrogens is 2. The minimum absolute atomic E-state index is 0.0940. The Balaban J connectivity index is 1.97. The summed E-state index contributed by atoms with van der Waals surface area (Å²) in [6.45, 7) is 1.93. The highest BCUT2D eigenvalue weighted by Crippen LogP contribution is 2.34. The smallest absolute Gasteiger partial charge is 0.439 e. The number of carbonyl (C=O) groups excluding carboxylic acids is 1. The van der Waals surface area contributed by atoms with Gasteiger partial charge in [0.15, 0.2) is 11.3 Å². The molecular formula is C16H14ClN3O5. The average Bonchev–Trinajstić information content (AvgIpc) is 3.02. The van der Waals surface area contributed by atoms with Crippen molar-refractivity contribution in [1.29, 1.82) is 0 Å². The van der Waals surface area contributed by atoms with Crippen molar-refractivity contribution in [2.45, 2.75) is 13.3 Å². The van der Waals surface area contributed by atoms with Crippen LogP contribution in [0.1, 0.15) is 12.7 Å². The second-order valence-electron chi connectivity index (χ2n) is 4.98. The SMILES string of the molecule is CCc1cc2c(OC(=O)N=c3ccn(O)cc3Cl)cnc(OC)c2o1. The topological polar surface area (TPSA) is 99.1 Å². The summed E-state index contributed by atoms with van der Waals surface area (Å²) in [5.41, 5.74) is 0.392. The molecule has 3 aromatic heterocycles. The Hall–Kier alpha value is -3.00. The van der Waals surface area contributed by atoms with Gasteiger partial charge < -0.3 is 19.1 Å². The number of rotatable bonds is 3. The Kier molecular flexibility index (Phi) is 4.62. The Morgan fingerprint density at radius 2 is 2.32 bits per heavy atom. The van der Waals surface area contributed by atoms with Crippen molar-refractivity contribution in [2.24, 2.45) is 4.99 Å². The molecule has 0 saturated heterocycles. The number of methoxy groups -OCH3 is 1. The summed E-state index contributed by atoms with van der Waals surface area (Å²) >= 11 is 5.91. The molecule has 0 aromatic carbocycles. The average molecular weight is 364 g/mol. The van der Waals surface area contributed by atoms with Gasteiger partial charge in [0.25, 0.3) is 5.88 Å². The Bertz CT molecular complexity index is 1010. The van der Waals surface area contributed by atoms with Crippen LogP contribution < -0.4 is 14.8 Å². The summed E-state index contributed by atoms with van der Waals surface area (Å²) in [5.74, 6) is 1.19. The van der Waals surface area contributed by atoms with Gasteiger partial charge in [-0.25, -0.2) is 14.5 Å². The van der Waals surface area contributed by atoms with Crippen LogP contribution in [0.25, 0.3) is 11.0 Å². The minimum atomic E-state index is -0.884. The van der Waals surface area contributed by atoms with Gasteiger partial charge in [0.1, 0.15) is 5.76 Å². The van der Waals surface area contributed by atoms with Crippen molar-refractivity contribution in [3.8, 4) is 11.6 Å². The summed E-state index contributed by atoms with van der Waals surface area (Å²) in [7, 11) is 1.47. The van der Waals surface area contributed by atoms with E-state index >= 15 is 0 Å². The molecule has 0 aliphatic carbocycles. The first kappa shape index (κ1) is 16.8. The number of hydrogen-bond acceptors (Lipinski definition) is 6. The first-order valence-corrected chi connectivity index (χ1v) is 7.68. The Labute approximate surface area is 146 Å². The number of pyridine rings is 2. The Morgan fingerprint density at radius 3 is 3.00 bits per heavy atom. The fourth-order valence-corrected chi connectivity index (χ4v) is 2.39. The number of amides is 1. The van der Waals surface area contributed by atoms with Crippen molar-refractivity contribution in [3.63, 3.8) is 0 Å². The molecule has 0 spiro atoms. The summed E-state index contributed by atoms with van der Waals surface area (Å²) in [6, 6.07) is 3.13. The number of ether oxygens (including phenoxy) is 2. The molecule has 0 saturated carbocycles. The summed E-state index contributed by atoms with van der Waals surface area (Å²) in [5, 5.41) is 10.1. The van der Waals surface area contributed by atoms with Crippen LogP contribution in [0.15, 0.2) is 40.1 Å². The van der Waals surface area contributed by atoms with Crippen LogP contribution in [0.3, 0.4) is 0 Å². The molecule has 0 bridgehead atoms. The zero-order valence-corrected chi connectivity index (χ0v) is 14.1. The first-order chi connectivity index (χ1) is 12.0. The lowest BCUT2D eigenvalue weighted by molar-refractivity contribution is 0.184. The molecule has 8 nitrogen and oxygen atoms in total. The van der Waals surface area contributed by atoms with Crippen LogP contribution in [0.4, 0.5) is 4.79 Å². The van der Waals surface area contributed by atoms with Gasteiger partial charge in [-0.3, -0.25) is 0 Å². The molecule has 3 heterocycles. The van der Waals surface area contributed by atoms with Gasteiger partial charge in [-0.1, -0.05) is 18.5 Å². The number of furan rings is 1. The van der Waals surface area contributed by atoms with Crippen molar-refractivity contribution in [1.82, 2.24) is 9.71 Å². The lowest BCUT2D eigenvalue weighted by atomic mass is 10.2. The second-order valence-corrected chi connectivity index (χ2v) is 5.39. The fourth-order valence-electron chi connectivity index (χ4n) is 2.19. The monoisotopic (exact) mass is 363 g/mol. The normalized spacial score (nSPS) is 11.7. The van der Waals surface area contributed by atoms with Gasteiger partial charge in [0.2, 0.25) is 0 Å². The van der Waals surface area contributed by atoms with Crippen molar-refractivity contribution in [2.75, 3.05) is 7.11 Å². The molecule has 0 aliphatic heterocycles. The van der Waals surface area contributed by atoms with E-state index in [1.807, 2.05) is 6.92 Å². The number of nitrogens with zero attached hydrogens (tertiary/aromatic N) is 3. The highest BCUT2D eigenvalue weighted by Gasteiger charge is 2.17. The highest BCUT2D eigenvalue weighted by molar-refractivity contribution is 6.30. The van der Waals surface area contributed by atoms with E-state index in [2.05, 4.69) is 9.98 Å². The largest absolute Gasteiger partial charge is 0.478 e. The second kappa shape index (κ2) is 6.86. The zero-order chi connectivity index (χ0) is 18.0. The third-order valence-corrected chi connectivity index (χ3v) is 3.66. The van der Waals surface area contributed by atoms with Crippen molar-refractivity contribution in [3.05, 3.63) is 46.9 Å². The van der Waals surface area contributed by atoms with Gasteiger partial charge in [-0.2, -0.15) is 4.99 Å². The lowest BCUT2D eigenvalue weighted by Gasteiger charge is -2.04. The standard InChI is InChI=1S/C16H14ClN3O5/c1-3-9-6-10-13(7-18-15(23-2)14(10)24-9)25-16(21)19-12-4-5-20(22)8-11(12)17/h4-8,22H,3H2,1-2H3. The molecule has 3 rings (SSSR count). The van der Waals surface area contributed by atoms with E-state index in [1.165, 1.54) is 31.8 Å². The highest BCUT2D eigenvalue weighted by atomic mass is 35.5. The predicted molar refractivity (Wildman–Crippen MR) is 88.2 cm³/mol. The van der Waals surface area contributed by atoms with E-state index in [0.717, 1.165) is 4.73 Å². The molecule has 3 aromatic rings. The van der Waals surface area contributed by atoms with Gasteiger partial charge >= 0.3 is 6.09 Å². The maximum atomic E-state index is 12.1. The van der Waals surface area contributed by atoms with E-state index in [0.29, 0.717) is 29.0 Å². The van der Waals surface area contributed by atoms with E-state index in [4.69, 9.17) is 25.5 Å². The molecule has 130 valence electrons. The quantitative estimate of drug-likeness (QED) is 0.717. The minimum Gasteiger partial charge on any atom is -0.478 e.